The molecule has 0 saturated heterocycles. The first-order valence-corrected chi connectivity index (χ1v) is 5.66. The van der Waals surface area contributed by atoms with Gasteiger partial charge in [-0.25, -0.2) is 0 Å². The Bertz CT molecular complexity index is 297. The number of carbonyl (C=O) groups excluding carboxylic acids is 4. The SMILES string of the molecule is CC(=O)CC(=O)[O-].CCC(CC)C(=O)CC(=O)[O-].[Al+2]. The van der Waals surface area contributed by atoms with Crippen LogP contribution in [0.4, 0.5) is 0 Å². The Morgan fingerprint density at radius 1 is 0.895 bits per heavy atom. The van der Waals surface area contributed by atoms with E-state index in [1.165, 1.54) is 6.92 Å². The molecule has 0 N–H and O–H groups in total. The number of ketones is 2. The third kappa shape index (κ3) is 16.8. The maximum atomic E-state index is 11.0. The number of carboxylic acids is 2. The Hall–Kier alpha value is -1.19. The molecular formula is C12H18AlO6. The van der Waals surface area contributed by atoms with Gasteiger partial charge in [0, 0.05) is 30.7 Å². The van der Waals surface area contributed by atoms with Gasteiger partial charge in [0.1, 0.15) is 11.6 Å². The zero-order valence-electron chi connectivity index (χ0n) is 11.4. The van der Waals surface area contributed by atoms with Crippen molar-refractivity contribution in [1.82, 2.24) is 0 Å². The van der Waals surface area contributed by atoms with Gasteiger partial charge in [-0.1, -0.05) is 13.8 Å². The second kappa shape index (κ2) is 13.2. The van der Waals surface area contributed by atoms with E-state index in [0.29, 0.717) is 12.8 Å². The first-order chi connectivity index (χ1) is 8.24. The minimum absolute atomic E-state index is 0. The molecule has 0 saturated carbocycles. The first kappa shape index (κ1) is 22.9. The molecule has 0 fully saturated rings. The van der Waals surface area contributed by atoms with Crippen LogP contribution in [0.2, 0.25) is 0 Å². The maximum Gasteiger partial charge on any atom is 2.00 e. The number of Topliss-reactive ketones (excluding diaryl/α,β-unsaturated/α-hetero) is 2. The first-order valence-electron chi connectivity index (χ1n) is 5.66. The normalized spacial score (nSPS) is 8.84. The van der Waals surface area contributed by atoms with Gasteiger partial charge in [0.25, 0.3) is 0 Å². The fourth-order valence-electron chi connectivity index (χ4n) is 1.23. The fourth-order valence-corrected chi connectivity index (χ4v) is 1.23. The molecule has 0 amide bonds. The van der Waals surface area contributed by atoms with Crippen LogP contribution in [0.1, 0.15) is 46.5 Å². The minimum Gasteiger partial charge on any atom is -0.550 e. The van der Waals surface area contributed by atoms with Gasteiger partial charge in [0.05, 0.1) is 0 Å². The van der Waals surface area contributed by atoms with E-state index in [1.54, 1.807) is 0 Å². The number of hydrogen-bond acceptors (Lipinski definition) is 6. The smallest absolute Gasteiger partial charge is 0.550 e. The van der Waals surface area contributed by atoms with Crippen molar-refractivity contribution in [3.05, 3.63) is 0 Å². The maximum absolute atomic E-state index is 11.0. The van der Waals surface area contributed by atoms with Crippen LogP contribution in [0.15, 0.2) is 0 Å². The fraction of sp³-hybridized carbons (Fsp3) is 0.667. The molecule has 1 radical (unpaired) electrons. The summed E-state index contributed by atoms with van der Waals surface area (Å²) in [6.45, 7) is 4.96. The van der Waals surface area contributed by atoms with Gasteiger partial charge >= 0.3 is 17.4 Å². The van der Waals surface area contributed by atoms with Gasteiger partial charge in [-0.3, -0.25) is 9.59 Å². The van der Waals surface area contributed by atoms with E-state index >= 15 is 0 Å². The largest absolute Gasteiger partial charge is 2.00 e. The van der Waals surface area contributed by atoms with Crippen LogP contribution < -0.4 is 10.2 Å². The Balaban J connectivity index is -0.000000280. The summed E-state index contributed by atoms with van der Waals surface area (Å²) in [5.74, 6) is -3.28. The van der Waals surface area contributed by atoms with Gasteiger partial charge in [0.15, 0.2) is 0 Å². The molecule has 0 rings (SSSR count). The molecule has 19 heavy (non-hydrogen) atoms. The zero-order valence-corrected chi connectivity index (χ0v) is 12.6. The molecular weight excluding hydrogens is 267 g/mol. The van der Waals surface area contributed by atoms with Crippen molar-refractivity contribution in [1.29, 1.82) is 0 Å². The molecule has 0 bridgehead atoms. The Morgan fingerprint density at radius 3 is 1.42 bits per heavy atom. The second-order valence-corrected chi connectivity index (χ2v) is 3.78. The Kier molecular flexibility index (Phi) is 16.0. The molecule has 0 aromatic heterocycles. The molecule has 0 aromatic carbocycles. The summed E-state index contributed by atoms with van der Waals surface area (Å²) in [6.07, 6.45) is 0.511. The molecule has 0 heterocycles. The molecule has 6 nitrogen and oxygen atoms in total. The van der Waals surface area contributed by atoms with Crippen molar-refractivity contribution in [2.45, 2.75) is 46.5 Å². The standard InChI is InChI=1S/C8H14O3.C4H6O3.Al/c1-3-6(4-2)7(9)5-8(10)11;1-3(5)2-4(6)7;/h6H,3-5H2,1-2H3,(H,10,11);2H2,1H3,(H,6,7);/q;;+2/p-2. The summed E-state index contributed by atoms with van der Waals surface area (Å²) in [4.78, 5) is 40.3. The topological polar surface area (TPSA) is 114 Å². The molecule has 0 aliphatic carbocycles. The van der Waals surface area contributed by atoms with Crippen LogP contribution in [0, 0.1) is 5.92 Å². The van der Waals surface area contributed by atoms with Crippen LogP contribution >= 0.6 is 0 Å². The summed E-state index contributed by atoms with van der Waals surface area (Å²) in [5, 5.41) is 19.5. The third-order valence-corrected chi connectivity index (χ3v) is 2.15. The summed E-state index contributed by atoms with van der Waals surface area (Å²) >= 11 is 0. The summed E-state index contributed by atoms with van der Waals surface area (Å²) in [6, 6.07) is 0. The molecule has 0 aromatic rings. The number of rotatable bonds is 7. The molecule has 0 aliphatic rings. The predicted octanol–water partition coefficient (Wildman–Crippen LogP) is -1.53. The minimum atomic E-state index is -1.31. The van der Waals surface area contributed by atoms with E-state index in [2.05, 4.69) is 0 Å². The number of aliphatic carboxylic acids is 2. The van der Waals surface area contributed by atoms with Crippen molar-refractivity contribution in [3.63, 3.8) is 0 Å². The number of carbonyl (C=O) groups is 4. The third-order valence-electron chi connectivity index (χ3n) is 2.15. The molecule has 0 unspecified atom stereocenters. The van der Waals surface area contributed by atoms with Crippen LogP contribution in [0.3, 0.4) is 0 Å². The zero-order chi connectivity index (χ0) is 14.7. The molecule has 0 atom stereocenters. The van der Waals surface area contributed by atoms with Crippen LogP contribution in [0.25, 0.3) is 0 Å². The van der Waals surface area contributed by atoms with Crippen LogP contribution in [-0.2, 0) is 19.2 Å². The van der Waals surface area contributed by atoms with Gasteiger partial charge in [-0.05, 0) is 19.8 Å². The average Bonchev–Trinajstić information content (AvgIpc) is 2.16. The number of hydrogen-bond donors (Lipinski definition) is 0. The van der Waals surface area contributed by atoms with Crippen molar-refractivity contribution < 1.29 is 29.4 Å². The summed E-state index contributed by atoms with van der Waals surface area (Å²) in [5.41, 5.74) is 0. The van der Waals surface area contributed by atoms with E-state index in [-0.39, 0.29) is 34.8 Å². The van der Waals surface area contributed by atoms with Gasteiger partial charge < -0.3 is 19.8 Å². The second-order valence-electron chi connectivity index (χ2n) is 3.78. The molecule has 0 spiro atoms. The van der Waals surface area contributed by atoms with E-state index in [4.69, 9.17) is 0 Å². The van der Waals surface area contributed by atoms with Crippen molar-refractivity contribution in [3.8, 4) is 0 Å². The average molecular weight is 285 g/mol. The van der Waals surface area contributed by atoms with Gasteiger partial charge in [0.2, 0.25) is 0 Å². The molecule has 0 aliphatic heterocycles. The Labute approximate surface area is 123 Å². The monoisotopic (exact) mass is 285 g/mol. The predicted molar refractivity (Wildman–Crippen MR) is 64.8 cm³/mol. The van der Waals surface area contributed by atoms with Crippen LogP contribution in [0.5, 0.6) is 0 Å². The van der Waals surface area contributed by atoms with Gasteiger partial charge in [-0.15, -0.1) is 0 Å². The summed E-state index contributed by atoms with van der Waals surface area (Å²) < 4.78 is 0. The van der Waals surface area contributed by atoms with E-state index < -0.39 is 24.8 Å². The van der Waals surface area contributed by atoms with Gasteiger partial charge in [-0.2, -0.15) is 0 Å². The molecule has 105 valence electrons. The van der Waals surface area contributed by atoms with E-state index in [9.17, 15) is 29.4 Å². The van der Waals surface area contributed by atoms with Crippen molar-refractivity contribution in [2.75, 3.05) is 0 Å². The van der Waals surface area contributed by atoms with Crippen molar-refractivity contribution >= 4 is 40.9 Å². The van der Waals surface area contributed by atoms with E-state index in [0.717, 1.165) is 0 Å². The summed E-state index contributed by atoms with van der Waals surface area (Å²) in [7, 11) is 0. The van der Waals surface area contributed by atoms with Crippen molar-refractivity contribution in [2.24, 2.45) is 5.92 Å². The molecule has 7 heteroatoms. The number of carboxylic acid groups (broad SMARTS) is 2. The van der Waals surface area contributed by atoms with E-state index in [1.807, 2.05) is 13.8 Å². The Morgan fingerprint density at radius 2 is 1.26 bits per heavy atom. The van der Waals surface area contributed by atoms with Crippen LogP contribution in [-0.4, -0.2) is 40.9 Å². The quantitative estimate of drug-likeness (QED) is 0.414.